The summed E-state index contributed by atoms with van der Waals surface area (Å²) < 4.78 is 106. The minimum Gasteiger partial charge on any atom is -0.390 e. The predicted octanol–water partition coefficient (Wildman–Crippen LogP) is 3.50. The maximum absolute atomic E-state index is 18.2. The fraction of sp³-hybridized carbons (Fsp3) is 0.809. The van der Waals surface area contributed by atoms with Crippen molar-refractivity contribution in [2.45, 2.75) is 230 Å². The fourth-order valence-corrected chi connectivity index (χ4v) is 19.6. The van der Waals surface area contributed by atoms with Gasteiger partial charge in [0.15, 0.2) is 34.9 Å². The minimum atomic E-state index is -2.42. The van der Waals surface area contributed by atoms with Gasteiger partial charge in [-0.3, -0.25) is 53.2 Å². The van der Waals surface area contributed by atoms with E-state index in [1.807, 2.05) is 24.0 Å². The number of likely N-dealkylation sites (N-methyl/N-ethyl adjacent to an activating group) is 1. The maximum atomic E-state index is 18.2. The predicted molar refractivity (Wildman–Crippen MR) is 458 cm³/mol. The van der Waals surface area contributed by atoms with Crippen LogP contribution in [0.5, 0.6) is 0 Å². The Bertz CT molecular complexity index is 3750. The summed E-state index contributed by atoms with van der Waals surface area (Å²) in [4.78, 5) is 122. The number of aliphatic hydroxyl groups is 1. The summed E-state index contributed by atoms with van der Waals surface area (Å²) in [6.07, 6.45) is 7.84. The maximum Gasteiger partial charge on any atom is 0.246 e. The Labute approximate surface area is 741 Å². The summed E-state index contributed by atoms with van der Waals surface area (Å²) in [6.45, 7) is 17.1. The van der Waals surface area contributed by atoms with Crippen LogP contribution in [-0.4, -0.2) is 319 Å². The van der Waals surface area contributed by atoms with Crippen molar-refractivity contribution >= 4 is 52.8 Å². The first kappa shape index (κ1) is 101. The van der Waals surface area contributed by atoms with Gasteiger partial charge in [-0.1, -0.05) is 60.0 Å². The minimum absolute atomic E-state index is 0.00346. The standard InChI is InChI=1S/C89H145F2N13O22/c1-11-17-80-125-75-53-63-64-52-66(90)65-51-60(105)25-28-86(65,5)88(64,91)73(107)54-87(63,6)89(75,126-80)74(108)55-95-84(113)59(4)50-71(106)81(58(2)3)97-85(114)68(96-77(110)27-35-116-39-43-120-46-48-121-44-40-117-36-31-94-79(112)57-124-83-61-21-23-67-69(24-22-62(61)83)102(7)100-98-67)18-15-16-29-92-78(111)56-123-72-20-14-12-13-19-70-82(72)99-101-103(70)32-37-118-41-45-122-49-47-119-42-38-115-34-26-76(109)93-30-33-104(8,9)10/h25,28,51,58-59,61-64,66,68,72-73,75,80-81,83,98-101,107H,11-24,26-27,29-50,52-57H2,1-10H3,(H5-,92,93,94,95,96,97,109,110,111,112,113,114)/p+1/t59-,61+,62-,63+,64+,66+,68-,72?,73+,75-,80?,81+,83+,86+,87+,88+,89-/m1/s1. The average molecular weight is 1790 g/mol. The van der Waals surface area contributed by atoms with Gasteiger partial charge in [-0.25, -0.2) is 8.78 Å². The van der Waals surface area contributed by atoms with Crippen molar-refractivity contribution in [3.63, 3.8) is 0 Å². The van der Waals surface area contributed by atoms with E-state index in [-0.39, 0.29) is 120 Å². The van der Waals surface area contributed by atoms with E-state index in [0.717, 1.165) is 79.9 Å². The van der Waals surface area contributed by atoms with E-state index in [4.69, 9.17) is 56.8 Å². The van der Waals surface area contributed by atoms with Gasteiger partial charge in [0, 0.05) is 67.8 Å². The van der Waals surface area contributed by atoms with Crippen molar-refractivity contribution in [3.05, 3.63) is 46.6 Å². The molecule has 4 saturated carbocycles. The number of hydrogen-bond donors (Lipinski definition) is 11. The van der Waals surface area contributed by atoms with E-state index >= 15 is 13.6 Å². The van der Waals surface area contributed by atoms with Crippen molar-refractivity contribution in [1.82, 2.24) is 63.8 Å². The molecule has 0 bridgehead atoms. The van der Waals surface area contributed by atoms with Crippen LogP contribution in [0.25, 0.3) is 0 Å². The normalized spacial score (nSPS) is 28.5. The quantitative estimate of drug-likeness (QED) is 0.0307. The molecular weight excluding hydrogens is 1640 g/mol. The van der Waals surface area contributed by atoms with Crippen molar-refractivity contribution in [2.24, 2.45) is 46.3 Å². The first-order valence-corrected chi connectivity index (χ1v) is 46.1. The third-order valence-electron chi connectivity index (χ3n) is 26.6. The molecule has 35 nitrogen and oxygen atoms in total. The van der Waals surface area contributed by atoms with Gasteiger partial charge < -0.3 is 109 Å². The Morgan fingerprint density at radius 1 is 0.667 bits per heavy atom. The summed E-state index contributed by atoms with van der Waals surface area (Å²) >= 11 is 0. The molecule has 10 rings (SSSR count). The lowest BCUT2D eigenvalue weighted by Gasteiger charge is -2.63. The molecule has 0 aromatic rings. The molecule has 712 valence electrons. The van der Waals surface area contributed by atoms with Crippen LogP contribution >= 0.6 is 0 Å². The lowest BCUT2D eigenvalue weighted by Crippen LogP contribution is -2.71. The number of rotatable bonds is 57. The number of nitrogens with one attached hydrogen (secondary N) is 10. The summed E-state index contributed by atoms with van der Waals surface area (Å²) in [5, 5.41) is 33.3. The number of nitrogens with zero attached hydrogens (tertiary/aromatic N) is 3. The largest absolute Gasteiger partial charge is 0.390 e. The number of ketones is 3. The molecule has 1 saturated heterocycles. The molecule has 10 aliphatic rings. The molecule has 17 atom stereocenters. The number of fused-ring (bicyclic) bond motifs is 8. The second kappa shape index (κ2) is 48.9. The SMILES string of the molecule is CCCC1O[C@@H]2C[C@H]3[C@@H]4C[C@H](F)C5=CC(=O)C=C[C@]5(C)[C@@]4(F)[C@@H](O)C[C@]3(C)[C@]2(C(=O)CNC(=O)[C@H](C)CC(=O)[C@@H](NC(=O)[C@@H](CCCCNC(=O)COC2CCCCCC3=C2NNN3CCOCCOCCOCCOCCC(=O)NCC[N+](C)(C)C)NC(=O)CCOCCOCCOCCOCCNC(=O)CO[C@@H]2[C@@H]3CCC4=C(CC[C@@H]32)NNN4C)C(C)C)O1. The molecule has 0 spiro atoms. The van der Waals surface area contributed by atoms with Crippen molar-refractivity contribution in [1.29, 1.82) is 0 Å². The second-order valence-electron chi connectivity index (χ2n) is 36.9. The summed E-state index contributed by atoms with van der Waals surface area (Å²) in [6, 6.07) is -2.26. The van der Waals surface area contributed by atoms with E-state index in [2.05, 4.69) is 75.0 Å². The number of alkyl halides is 2. The van der Waals surface area contributed by atoms with Crippen molar-refractivity contribution < 1.29 is 118 Å². The van der Waals surface area contributed by atoms with Gasteiger partial charge in [0.25, 0.3) is 0 Å². The third-order valence-corrected chi connectivity index (χ3v) is 26.6. The zero-order valence-corrected chi connectivity index (χ0v) is 76.0. The molecule has 6 amide bonds. The summed E-state index contributed by atoms with van der Waals surface area (Å²) in [7, 11) is 8.24. The van der Waals surface area contributed by atoms with Crippen LogP contribution in [0, 0.1) is 46.3 Å². The van der Waals surface area contributed by atoms with Crippen LogP contribution in [0.1, 0.15) is 170 Å². The lowest BCUT2D eigenvalue weighted by molar-refractivity contribution is -0.869. The van der Waals surface area contributed by atoms with Gasteiger partial charge >= 0.3 is 0 Å². The smallest absolute Gasteiger partial charge is 0.246 e. The van der Waals surface area contributed by atoms with Crippen LogP contribution in [0.3, 0.4) is 0 Å². The van der Waals surface area contributed by atoms with Crippen molar-refractivity contribution in [3.8, 4) is 0 Å². The lowest BCUT2D eigenvalue weighted by atomic mass is 9.44. The molecule has 7 aliphatic carbocycles. The molecule has 2 unspecified atom stereocenters. The number of carbonyl (C=O) groups excluding carboxylic acids is 9. The first-order valence-electron chi connectivity index (χ1n) is 46.1. The number of quaternary nitrogens is 1. The molecule has 0 radical (unpaired) electrons. The molecule has 37 heteroatoms. The van der Waals surface area contributed by atoms with Crippen LogP contribution in [0.15, 0.2) is 46.6 Å². The summed E-state index contributed by atoms with van der Waals surface area (Å²) in [5.41, 5.74) is 10.2. The highest BCUT2D eigenvalue weighted by atomic mass is 19.1. The van der Waals surface area contributed by atoms with Crippen LogP contribution < -0.4 is 53.8 Å². The number of Topliss-reactive ketones (excluding diaryl/α,β-unsaturated/α-hetero) is 2. The van der Waals surface area contributed by atoms with Gasteiger partial charge in [-0.05, 0) is 138 Å². The Balaban J connectivity index is 0.642. The first-order chi connectivity index (χ1) is 60.4. The fourth-order valence-electron chi connectivity index (χ4n) is 19.6. The van der Waals surface area contributed by atoms with E-state index in [0.29, 0.717) is 149 Å². The van der Waals surface area contributed by atoms with E-state index in [1.54, 1.807) is 20.8 Å². The number of hydrogen-bond acceptors (Lipinski definition) is 28. The Kier molecular flexibility index (Phi) is 39.3. The van der Waals surface area contributed by atoms with E-state index < -0.39 is 124 Å². The zero-order chi connectivity index (χ0) is 90.6. The monoisotopic (exact) mass is 1790 g/mol. The molecule has 126 heavy (non-hydrogen) atoms. The topological polar surface area (TPSA) is 411 Å². The zero-order valence-electron chi connectivity index (χ0n) is 76.0. The highest BCUT2D eigenvalue weighted by Gasteiger charge is 2.80. The van der Waals surface area contributed by atoms with E-state index in [1.165, 1.54) is 37.4 Å². The molecule has 3 aliphatic heterocycles. The van der Waals surface area contributed by atoms with Gasteiger partial charge in [-0.15, -0.1) is 11.1 Å². The van der Waals surface area contributed by atoms with Crippen molar-refractivity contribution in [2.75, 3.05) is 186 Å². The number of allylic oxidation sites excluding steroid dienone is 7. The molecule has 5 fully saturated rings. The highest BCUT2D eigenvalue weighted by Crippen LogP contribution is 2.72. The Morgan fingerprint density at radius 2 is 1.29 bits per heavy atom. The number of aliphatic hydroxyl groups excluding tert-OH is 1. The number of ether oxygens (including phenoxy) is 12. The molecule has 0 aromatic carbocycles. The van der Waals surface area contributed by atoms with Gasteiger partial charge in [0.1, 0.15) is 31.5 Å². The second-order valence-corrected chi connectivity index (χ2v) is 36.9. The molecule has 3 heterocycles. The van der Waals surface area contributed by atoms with Gasteiger partial charge in [0.05, 0.1) is 194 Å². The number of carbonyl (C=O) groups is 9. The third kappa shape index (κ3) is 27.2. The Hall–Kier alpha value is -6.79. The highest BCUT2D eigenvalue weighted by molar-refractivity contribution is 6.01. The van der Waals surface area contributed by atoms with E-state index in [9.17, 15) is 43.5 Å². The summed E-state index contributed by atoms with van der Waals surface area (Å²) in [5.74, 6) is -6.29. The van der Waals surface area contributed by atoms with Crippen LogP contribution in [0.4, 0.5) is 8.78 Å². The number of unbranched alkanes of at least 4 members (excludes halogenated alkanes) is 1. The van der Waals surface area contributed by atoms with Gasteiger partial charge in [0.2, 0.25) is 35.4 Å². The molecule has 11 N–H and O–H groups in total. The van der Waals surface area contributed by atoms with Crippen LogP contribution in [-0.2, 0) is 100.0 Å². The number of halogens is 2. The Morgan fingerprint density at radius 3 is 1.94 bits per heavy atom. The number of amides is 6. The number of hydrazine groups is 4. The van der Waals surface area contributed by atoms with Crippen LogP contribution in [0.2, 0.25) is 0 Å². The average Bonchev–Trinajstić information content (AvgIpc) is 1.45. The molecule has 0 aromatic heterocycles. The van der Waals surface area contributed by atoms with Gasteiger partial charge in [-0.2, -0.15) is 0 Å². The molecular formula is C89H146F2N13O22+.